The smallest absolute Gasteiger partial charge is 0.306 e. The quantitative estimate of drug-likeness (QED) is 0.0384. The Bertz CT molecular complexity index is 884. The van der Waals surface area contributed by atoms with E-state index < -0.39 is 6.10 Å². The number of aliphatic hydroxyl groups is 1. The van der Waals surface area contributed by atoms with Gasteiger partial charge in [0, 0.05) is 12.8 Å². The van der Waals surface area contributed by atoms with Crippen LogP contribution < -0.4 is 0 Å². The number of rotatable bonds is 29. The minimum atomic E-state index is -0.998. The van der Waals surface area contributed by atoms with Crippen molar-refractivity contribution >= 4 is 11.9 Å². The number of aliphatic hydroxyl groups excluding tert-OH is 1. The number of allylic oxidation sites excluding steroid dienone is 8. The Morgan fingerprint density at radius 1 is 0.644 bits per heavy atom. The van der Waals surface area contributed by atoms with Crippen LogP contribution in [0.25, 0.3) is 0 Å². The first-order valence-electron chi connectivity index (χ1n) is 17.8. The van der Waals surface area contributed by atoms with Crippen molar-refractivity contribution in [2.75, 3.05) is 13.2 Å². The van der Waals surface area contributed by atoms with Gasteiger partial charge < -0.3 is 19.3 Å². The van der Waals surface area contributed by atoms with E-state index in [0.717, 1.165) is 63.7 Å². The molecule has 0 saturated carbocycles. The molecule has 1 aliphatic rings. The summed E-state index contributed by atoms with van der Waals surface area (Å²) in [6.45, 7) is 6.39. The van der Waals surface area contributed by atoms with Crippen molar-refractivity contribution in [2.24, 2.45) is 5.92 Å². The van der Waals surface area contributed by atoms with Crippen molar-refractivity contribution in [3.63, 3.8) is 0 Å². The molecule has 3 atom stereocenters. The van der Waals surface area contributed by atoms with E-state index in [2.05, 4.69) is 69.4 Å². The molecule has 0 aromatic heterocycles. The zero-order valence-corrected chi connectivity index (χ0v) is 28.7. The van der Waals surface area contributed by atoms with Crippen LogP contribution in [0.1, 0.15) is 136 Å². The van der Waals surface area contributed by atoms with E-state index in [1.54, 1.807) is 0 Å². The molecular weight excluding hydrogens is 564 g/mol. The lowest BCUT2D eigenvalue weighted by molar-refractivity contribution is -0.152. The zero-order chi connectivity index (χ0) is 32.8. The molecule has 0 radical (unpaired) electrons. The Morgan fingerprint density at radius 2 is 1.11 bits per heavy atom. The predicted molar refractivity (Wildman–Crippen MR) is 186 cm³/mol. The molecule has 256 valence electrons. The zero-order valence-electron chi connectivity index (χ0n) is 28.7. The molecule has 1 rings (SSSR count). The molecule has 0 bridgehead atoms. The molecule has 0 aromatic rings. The second-order valence-corrected chi connectivity index (χ2v) is 12.5. The number of ether oxygens (including phenoxy) is 3. The second kappa shape index (κ2) is 29.0. The predicted octanol–water partition coefficient (Wildman–Crippen LogP) is 9.68. The molecule has 0 aliphatic carbocycles. The fourth-order valence-electron chi connectivity index (χ4n) is 4.81. The Kier molecular flexibility index (Phi) is 26.1. The average Bonchev–Trinajstić information content (AvgIpc) is 3.77. The third-order valence-corrected chi connectivity index (χ3v) is 7.61. The first kappa shape index (κ1) is 40.6. The van der Waals surface area contributed by atoms with E-state index >= 15 is 0 Å². The highest BCUT2D eigenvalue weighted by Crippen LogP contribution is 2.29. The van der Waals surface area contributed by atoms with E-state index in [-0.39, 0.29) is 31.6 Å². The van der Waals surface area contributed by atoms with Crippen LogP contribution in [-0.2, 0) is 23.8 Å². The SMILES string of the molecule is CC/C=C\CC1OC1C/C=C\C/C=C\C/C=C\C/C=C\CCC(=O)OC[C@H](O)COC(=O)CCCCCCCCCCC(C)C. The van der Waals surface area contributed by atoms with Crippen molar-refractivity contribution in [3.05, 3.63) is 60.8 Å². The first-order chi connectivity index (χ1) is 21.9. The summed E-state index contributed by atoms with van der Waals surface area (Å²) < 4.78 is 15.9. The topological polar surface area (TPSA) is 85.4 Å². The normalized spacial score (nSPS) is 17.5. The molecule has 6 heteroatoms. The highest BCUT2D eigenvalue weighted by Gasteiger charge is 2.35. The number of carbonyl (C=O) groups is 2. The van der Waals surface area contributed by atoms with Gasteiger partial charge in [-0.25, -0.2) is 0 Å². The van der Waals surface area contributed by atoms with Crippen LogP contribution in [0.15, 0.2) is 60.8 Å². The van der Waals surface area contributed by atoms with Crippen LogP contribution >= 0.6 is 0 Å². The van der Waals surface area contributed by atoms with Gasteiger partial charge in [0.1, 0.15) is 19.3 Å². The van der Waals surface area contributed by atoms with Crippen LogP contribution in [0.2, 0.25) is 0 Å². The maximum absolute atomic E-state index is 11.9. The number of esters is 2. The Balaban J connectivity index is 1.90. The molecule has 6 nitrogen and oxygen atoms in total. The summed E-state index contributed by atoms with van der Waals surface area (Å²) in [4.78, 5) is 23.8. The molecule has 1 heterocycles. The number of carbonyl (C=O) groups excluding carboxylic acids is 2. The first-order valence-corrected chi connectivity index (χ1v) is 17.8. The van der Waals surface area contributed by atoms with Crippen LogP contribution in [-0.4, -0.2) is 48.6 Å². The van der Waals surface area contributed by atoms with Gasteiger partial charge in [0.25, 0.3) is 0 Å². The van der Waals surface area contributed by atoms with E-state index in [0.29, 0.717) is 25.0 Å². The summed E-state index contributed by atoms with van der Waals surface area (Å²) in [5.41, 5.74) is 0. The molecule has 0 spiro atoms. The third kappa shape index (κ3) is 27.6. The number of unbranched alkanes of at least 4 members (excludes halogenated alkanes) is 7. The molecule has 45 heavy (non-hydrogen) atoms. The second-order valence-electron chi connectivity index (χ2n) is 12.5. The Labute approximate surface area is 275 Å². The molecule has 1 N–H and O–H groups in total. The fraction of sp³-hybridized carbons (Fsp3) is 0.692. The summed E-state index contributed by atoms with van der Waals surface area (Å²) in [7, 11) is 0. The summed E-state index contributed by atoms with van der Waals surface area (Å²) in [6.07, 6.45) is 39.0. The van der Waals surface area contributed by atoms with Gasteiger partial charge >= 0.3 is 11.9 Å². The van der Waals surface area contributed by atoms with Crippen LogP contribution in [0, 0.1) is 5.92 Å². The largest absolute Gasteiger partial charge is 0.463 e. The number of hydrogen-bond acceptors (Lipinski definition) is 6. The Hall–Kier alpha value is -2.44. The lowest BCUT2D eigenvalue weighted by atomic mass is 10.0. The maximum Gasteiger partial charge on any atom is 0.306 e. The van der Waals surface area contributed by atoms with E-state index in [4.69, 9.17) is 14.2 Å². The van der Waals surface area contributed by atoms with Crippen molar-refractivity contribution in [1.29, 1.82) is 0 Å². The summed E-state index contributed by atoms with van der Waals surface area (Å²) in [5.74, 6) is 0.129. The fourth-order valence-corrected chi connectivity index (χ4v) is 4.81. The van der Waals surface area contributed by atoms with Gasteiger partial charge in [-0.05, 0) is 57.3 Å². The van der Waals surface area contributed by atoms with Crippen LogP contribution in [0.4, 0.5) is 0 Å². The van der Waals surface area contributed by atoms with Crippen molar-refractivity contribution in [1.82, 2.24) is 0 Å². The summed E-state index contributed by atoms with van der Waals surface area (Å²) in [5, 5.41) is 9.96. The summed E-state index contributed by atoms with van der Waals surface area (Å²) >= 11 is 0. The van der Waals surface area contributed by atoms with Crippen LogP contribution in [0.5, 0.6) is 0 Å². The monoisotopic (exact) mass is 628 g/mol. The van der Waals surface area contributed by atoms with Gasteiger partial charge in [-0.2, -0.15) is 0 Å². The minimum Gasteiger partial charge on any atom is -0.463 e. The molecule has 1 fully saturated rings. The molecule has 1 aliphatic heterocycles. The van der Waals surface area contributed by atoms with Gasteiger partial charge in [0.05, 0.1) is 12.2 Å². The van der Waals surface area contributed by atoms with Gasteiger partial charge in [-0.3, -0.25) is 9.59 Å². The number of hydrogen-bond donors (Lipinski definition) is 1. The average molecular weight is 629 g/mol. The Morgan fingerprint density at radius 3 is 1.67 bits per heavy atom. The van der Waals surface area contributed by atoms with Gasteiger partial charge in [0.15, 0.2) is 0 Å². The third-order valence-electron chi connectivity index (χ3n) is 7.61. The minimum absolute atomic E-state index is 0.145. The highest BCUT2D eigenvalue weighted by molar-refractivity contribution is 5.70. The van der Waals surface area contributed by atoms with Gasteiger partial charge in [0.2, 0.25) is 0 Å². The van der Waals surface area contributed by atoms with E-state index in [1.807, 2.05) is 12.2 Å². The highest BCUT2D eigenvalue weighted by atomic mass is 16.6. The molecular formula is C39H64O6. The molecule has 0 aromatic carbocycles. The molecule has 0 amide bonds. The van der Waals surface area contributed by atoms with Crippen molar-refractivity contribution in [2.45, 2.75) is 155 Å². The van der Waals surface area contributed by atoms with E-state index in [1.165, 1.54) is 38.5 Å². The van der Waals surface area contributed by atoms with Crippen LogP contribution in [0.3, 0.4) is 0 Å². The lowest BCUT2D eigenvalue weighted by Gasteiger charge is -2.12. The molecule has 1 saturated heterocycles. The standard InChI is InChI=1S/C39H64O6/c1-4-5-22-28-36-37(45-36)29-24-19-15-10-8-6-7-9-11-16-20-25-30-38(41)43-32-35(40)33-44-39(42)31-26-21-17-13-12-14-18-23-27-34(2)3/h5,7-10,16,19-20,22,24,34-37,40H,4,6,11-15,17-18,21,23,25-33H2,1-3H3/b9-7-,10-8-,20-16-,22-5-,24-19-/t35-,36?,37?/m0/s1. The maximum atomic E-state index is 11.9. The number of epoxide rings is 1. The molecule has 2 unspecified atom stereocenters. The van der Waals surface area contributed by atoms with Crippen molar-refractivity contribution in [3.8, 4) is 0 Å². The summed E-state index contributed by atoms with van der Waals surface area (Å²) in [6, 6.07) is 0. The van der Waals surface area contributed by atoms with Gasteiger partial charge in [-0.15, -0.1) is 0 Å². The lowest BCUT2D eigenvalue weighted by Crippen LogP contribution is -2.25. The van der Waals surface area contributed by atoms with E-state index in [9.17, 15) is 14.7 Å². The van der Waals surface area contributed by atoms with Crippen molar-refractivity contribution < 1.29 is 28.9 Å². The van der Waals surface area contributed by atoms with Gasteiger partial charge in [-0.1, -0.05) is 133 Å².